The highest BCUT2D eigenvalue weighted by atomic mass is 32.1. The van der Waals surface area contributed by atoms with Crippen LogP contribution in [-0.2, 0) is 13.0 Å². The molecule has 3 heteroatoms. The lowest BCUT2D eigenvalue weighted by Gasteiger charge is -2.25. The summed E-state index contributed by atoms with van der Waals surface area (Å²) in [4.78, 5) is 3.07. The van der Waals surface area contributed by atoms with Crippen LogP contribution in [0.3, 0.4) is 0 Å². The van der Waals surface area contributed by atoms with Crippen molar-refractivity contribution in [2.75, 3.05) is 13.6 Å². The van der Waals surface area contributed by atoms with Gasteiger partial charge in [0.25, 0.3) is 0 Å². The zero-order valence-electron chi connectivity index (χ0n) is 8.12. The smallest absolute Gasteiger partial charge is 0.100 e. The third kappa shape index (κ3) is 1.63. The number of thiol groups is 1. The predicted molar refractivity (Wildman–Crippen MR) is 58.4 cm³/mol. The standard InChI is InChI=1S/C11H12N2S/c1-13-3-2-8-5-11(14)9(6-12)4-10(8)7-13/h4-5,14H,2-3,7H2,1H3. The number of likely N-dealkylation sites (N-methyl/N-ethyl adjacent to an activating group) is 1. The van der Waals surface area contributed by atoms with E-state index in [9.17, 15) is 0 Å². The lowest BCUT2D eigenvalue weighted by Crippen LogP contribution is -2.26. The molecule has 0 aromatic heterocycles. The van der Waals surface area contributed by atoms with Crippen LogP contribution >= 0.6 is 12.6 Å². The van der Waals surface area contributed by atoms with Crippen LogP contribution in [0.15, 0.2) is 17.0 Å². The summed E-state index contributed by atoms with van der Waals surface area (Å²) < 4.78 is 0. The third-order valence-corrected chi connectivity index (χ3v) is 3.01. The van der Waals surface area contributed by atoms with Gasteiger partial charge in [-0.2, -0.15) is 5.26 Å². The van der Waals surface area contributed by atoms with E-state index in [0.717, 1.165) is 24.4 Å². The number of benzene rings is 1. The van der Waals surface area contributed by atoms with Gasteiger partial charge >= 0.3 is 0 Å². The molecule has 1 aliphatic rings. The van der Waals surface area contributed by atoms with E-state index < -0.39 is 0 Å². The minimum atomic E-state index is 0.683. The molecule has 0 bridgehead atoms. The lowest BCUT2D eigenvalue weighted by atomic mass is 9.98. The summed E-state index contributed by atoms with van der Waals surface area (Å²) in [5.41, 5.74) is 3.29. The fourth-order valence-corrected chi connectivity index (χ4v) is 2.10. The summed E-state index contributed by atoms with van der Waals surface area (Å²) >= 11 is 4.30. The first kappa shape index (κ1) is 9.57. The number of fused-ring (bicyclic) bond motifs is 1. The van der Waals surface area contributed by atoms with Crippen molar-refractivity contribution in [1.82, 2.24) is 4.90 Å². The van der Waals surface area contributed by atoms with Gasteiger partial charge in [-0.25, -0.2) is 0 Å². The Labute approximate surface area is 89.6 Å². The van der Waals surface area contributed by atoms with Crippen LogP contribution in [0.25, 0.3) is 0 Å². The van der Waals surface area contributed by atoms with Crippen LogP contribution in [0.2, 0.25) is 0 Å². The van der Waals surface area contributed by atoms with Crippen LogP contribution in [0.4, 0.5) is 0 Å². The van der Waals surface area contributed by atoms with Gasteiger partial charge in [0.2, 0.25) is 0 Å². The molecule has 1 aromatic rings. The topological polar surface area (TPSA) is 27.0 Å². The van der Waals surface area contributed by atoms with Gasteiger partial charge in [-0.15, -0.1) is 12.6 Å². The third-order valence-electron chi connectivity index (χ3n) is 2.64. The highest BCUT2D eigenvalue weighted by molar-refractivity contribution is 7.80. The molecule has 0 amide bonds. The Morgan fingerprint density at radius 1 is 1.43 bits per heavy atom. The van der Waals surface area contributed by atoms with E-state index in [0.29, 0.717) is 5.56 Å². The number of rotatable bonds is 0. The lowest BCUT2D eigenvalue weighted by molar-refractivity contribution is 0.312. The molecule has 2 nitrogen and oxygen atoms in total. The van der Waals surface area contributed by atoms with Gasteiger partial charge in [-0.3, -0.25) is 0 Å². The van der Waals surface area contributed by atoms with Crippen molar-refractivity contribution in [3.8, 4) is 6.07 Å². The number of nitrogens with zero attached hydrogens (tertiary/aromatic N) is 2. The number of hydrogen-bond acceptors (Lipinski definition) is 3. The van der Waals surface area contributed by atoms with Gasteiger partial charge in [0, 0.05) is 18.0 Å². The maximum Gasteiger partial charge on any atom is 0.100 e. The molecule has 14 heavy (non-hydrogen) atoms. The van der Waals surface area contributed by atoms with Crippen LogP contribution < -0.4 is 0 Å². The molecule has 0 fully saturated rings. The Balaban J connectivity index is 2.47. The Morgan fingerprint density at radius 3 is 2.93 bits per heavy atom. The summed E-state index contributed by atoms with van der Waals surface area (Å²) in [6.45, 7) is 2.03. The maximum absolute atomic E-state index is 8.87. The van der Waals surface area contributed by atoms with E-state index in [2.05, 4.69) is 30.6 Å². The molecule has 1 aromatic carbocycles. The highest BCUT2D eigenvalue weighted by Crippen LogP contribution is 2.24. The molecule has 0 saturated heterocycles. The molecule has 2 rings (SSSR count). The molecular weight excluding hydrogens is 192 g/mol. The number of hydrogen-bond donors (Lipinski definition) is 1. The molecule has 0 N–H and O–H groups in total. The molecule has 1 aliphatic heterocycles. The monoisotopic (exact) mass is 204 g/mol. The van der Waals surface area contributed by atoms with Crippen molar-refractivity contribution < 1.29 is 0 Å². The summed E-state index contributed by atoms with van der Waals surface area (Å²) in [7, 11) is 2.10. The SMILES string of the molecule is CN1CCc2cc(S)c(C#N)cc2C1. The highest BCUT2D eigenvalue weighted by Gasteiger charge is 2.14. The van der Waals surface area contributed by atoms with Gasteiger partial charge in [-0.1, -0.05) is 0 Å². The predicted octanol–water partition coefficient (Wildman–Crippen LogP) is 1.83. The van der Waals surface area contributed by atoms with Crippen molar-refractivity contribution in [3.63, 3.8) is 0 Å². The molecule has 0 unspecified atom stereocenters. The van der Waals surface area contributed by atoms with Gasteiger partial charge in [-0.05, 0) is 36.7 Å². The quantitative estimate of drug-likeness (QED) is 0.653. The summed E-state index contributed by atoms with van der Waals surface area (Å²) in [5, 5.41) is 8.87. The van der Waals surface area contributed by atoms with Crippen LogP contribution in [0.5, 0.6) is 0 Å². The van der Waals surface area contributed by atoms with E-state index in [4.69, 9.17) is 5.26 Å². The largest absolute Gasteiger partial charge is 0.302 e. The van der Waals surface area contributed by atoms with Crippen molar-refractivity contribution in [1.29, 1.82) is 5.26 Å². The van der Waals surface area contributed by atoms with Crippen LogP contribution in [0, 0.1) is 11.3 Å². The fraction of sp³-hybridized carbons (Fsp3) is 0.364. The second-order valence-electron chi connectivity index (χ2n) is 3.74. The first-order valence-corrected chi connectivity index (χ1v) is 5.09. The first-order valence-electron chi connectivity index (χ1n) is 4.64. The molecule has 1 heterocycles. The van der Waals surface area contributed by atoms with E-state index in [-0.39, 0.29) is 0 Å². The van der Waals surface area contributed by atoms with E-state index in [1.54, 1.807) is 0 Å². The molecule has 0 spiro atoms. The van der Waals surface area contributed by atoms with Crippen molar-refractivity contribution in [3.05, 3.63) is 28.8 Å². The number of nitriles is 1. The van der Waals surface area contributed by atoms with E-state index in [1.807, 2.05) is 12.1 Å². The van der Waals surface area contributed by atoms with Gasteiger partial charge < -0.3 is 4.90 Å². The second kappa shape index (κ2) is 3.64. The molecule has 0 atom stereocenters. The summed E-state index contributed by atoms with van der Waals surface area (Å²) in [5.74, 6) is 0. The average Bonchev–Trinajstić information content (AvgIpc) is 2.17. The zero-order chi connectivity index (χ0) is 10.1. The summed E-state index contributed by atoms with van der Waals surface area (Å²) in [6, 6.07) is 6.16. The molecule has 0 radical (unpaired) electrons. The molecular formula is C11H12N2S. The van der Waals surface area contributed by atoms with Crippen LogP contribution in [0.1, 0.15) is 16.7 Å². The zero-order valence-corrected chi connectivity index (χ0v) is 9.01. The Morgan fingerprint density at radius 2 is 2.21 bits per heavy atom. The van der Waals surface area contributed by atoms with Crippen molar-refractivity contribution in [2.45, 2.75) is 17.9 Å². The van der Waals surface area contributed by atoms with Crippen molar-refractivity contribution >= 4 is 12.6 Å². The van der Waals surface area contributed by atoms with Crippen LogP contribution in [-0.4, -0.2) is 18.5 Å². The van der Waals surface area contributed by atoms with Gasteiger partial charge in [0.15, 0.2) is 0 Å². The first-order chi connectivity index (χ1) is 6.70. The molecule has 72 valence electrons. The molecule has 0 saturated carbocycles. The van der Waals surface area contributed by atoms with Gasteiger partial charge in [0.1, 0.15) is 6.07 Å². The maximum atomic E-state index is 8.87. The fourth-order valence-electron chi connectivity index (χ4n) is 1.83. The average molecular weight is 204 g/mol. The Bertz CT molecular complexity index is 406. The summed E-state index contributed by atoms with van der Waals surface area (Å²) in [6.07, 6.45) is 1.06. The van der Waals surface area contributed by atoms with E-state index in [1.165, 1.54) is 11.1 Å². The molecule has 0 aliphatic carbocycles. The van der Waals surface area contributed by atoms with E-state index >= 15 is 0 Å². The second-order valence-corrected chi connectivity index (χ2v) is 4.22. The minimum absolute atomic E-state index is 0.683. The van der Waals surface area contributed by atoms with Gasteiger partial charge in [0.05, 0.1) is 5.56 Å². The Hall–Kier alpha value is -0.980. The van der Waals surface area contributed by atoms with Crippen molar-refractivity contribution in [2.24, 2.45) is 0 Å². The normalized spacial score (nSPS) is 16.1. The Kier molecular flexibility index (Phi) is 2.49. The minimum Gasteiger partial charge on any atom is -0.302 e.